The van der Waals surface area contributed by atoms with Gasteiger partial charge >= 0.3 is 0 Å². The van der Waals surface area contributed by atoms with E-state index in [1.54, 1.807) is 35.0 Å². The molecule has 0 bridgehead atoms. The van der Waals surface area contributed by atoms with E-state index in [4.69, 9.17) is 4.98 Å². The van der Waals surface area contributed by atoms with Crippen LogP contribution in [0.4, 0.5) is 24.7 Å². The van der Waals surface area contributed by atoms with Crippen molar-refractivity contribution < 1.29 is 22.8 Å². The van der Waals surface area contributed by atoms with Crippen molar-refractivity contribution in [1.82, 2.24) is 29.7 Å². The molecule has 1 aliphatic heterocycles. The van der Waals surface area contributed by atoms with E-state index in [1.807, 2.05) is 13.0 Å². The minimum absolute atomic E-state index is 0.0102. The Hall–Kier alpha value is -5.16. The van der Waals surface area contributed by atoms with Crippen LogP contribution in [0.15, 0.2) is 54.8 Å². The zero-order valence-electron chi connectivity index (χ0n) is 24.6. The number of aryl methyl sites for hydroxylation is 3. The van der Waals surface area contributed by atoms with Crippen molar-refractivity contribution in [3.05, 3.63) is 94.5 Å². The number of hydrogen-bond acceptors (Lipinski definition) is 7. The maximum absolute atomic E-state index is 15.0. The van der Waals surface area contributed by atoms with Crippen molar-refractivity contribution in [2.75, 3.05) is 16.8 Å². The Kier molecular flexibility index (Phi) is 6.66. The van der Waals surface area contributed by atoms with Gasteiger partial charge in [-0.2, -0.15) is 5.10 Å². The van der Waals surface area contributed by atoms with E-state index in [2.05, 4.69) is 31.1 Å². The first-order valence-electron chi connectivity index (χ1n) is 14.4. The van der Waals surface area contributed by atoms with E-state index >= 15 is 0 Å². The van der Waals surface area contributed by atoms with Crippen LogP contribution >= 0.6 is 0 Å². The third-order valence-corrected chi connectivity index (χ3v) is 8.68. The van der Waals surface area contributed by atoms with Crippen LogP contribution in [0.1, 0.15) is 58.0 Å². The molecule has 1 saturated carbocycles. The normalized spacial score (nSPS) is 19.4. The number of alkyl halides is 2. The Bertz CT molecular complexity index is 1960. The molecular formula is C32H27F3N8O2. The monoisotopic (exact) mass is 612 g/mol. The molecule has 0 radical (unpaired) electrons. The molecule has 228 valence electrons. The van der Waals surface area contributed by atoms with Gasteiger partial charge in [0.2, 0.25) is 5.91 Å². The first kappa shape index (κ1) is 28.6. The summed E-state index contributed by atoms with van der Waals surface area (Å²) in [5.41, 5.74) is 3.36. The van der Waals surface area contributed by atoms with Crippen molar-refractivity contribution in [2.45, 2.75) is 45.6 Å². The van der Waals surface area contributed by atoms with Crippen LogP contribution in [0.5, 0.6) is 0 Å². The summed E-state index contributed by atoms with van der Waals surface area (Å²) in [6.45, 7) is 5.38. The Balaban J connectivity index is 1.12. The predicted molar refractivity (Wildman–Crippen MR) is 157 cm³/mol. The molecule has 0 unspecified atom stereocenters. The first-order chi connectivity index (χ1) is 21.6. The third-order valence-electron chi connectivity index (χ3n) is 8.68. The SMILES string of the molecule is Cc1ccc(C(F)F)c(-c2cnc(C)c(C(=O)Nc3cnn(C4(c5cnc(N6C[C@H]7C=C=C[C@H]7C6=O)c(C)n5)CC4)c3)n2)c1F. The summed E-state index contributed by atoms with van der Waals surface area (Å²) < 4.78 is 44.2. The highest BCUT2D eigenvalue weighted by molar-refractivity contribution is 6.03. The summed E-state index contributed by atoms with van der Waals surface area (Å²) in [6.07, 6.45) is 8.28. The molecular weight excluding hydrogens is 585 g/mol. The topological polar surface area (TPSA) is 119 Å². The van der Waals surface area contributed by atoms with Crippen molar-refractivity contribution in [3.63, 3.8) is 0 Å². The average molecular weight is 613 g/mol. The minimum atomic E-state index is -2.95. The van der Waals surface area contributed by atoms with Crippen LogP contribution in [0.2, 0.25) is 0 Å². The van der Waals surface area contributed by atoms with Gasteiger partial charge in [0.15, 0.2) is 5.82 Å². The quantitative estimate of drug-likeness (QED) is 0.284. The lowest BCUT2D eigenvalue weighted by molar-refractivity contribution is -0.119. The predicted octanol–water partition coefficient (Wildman–Crippen LogP) is 5.23. The molecule has 13 heteroatoms. The lowest BCUT2D eigenvalue weighted by Gasteiger charge is -2.20. The van der Waals surface area contributed by atoms with E-state index in [0.29, 0.717) is 29.4 Å². The Labute approximate surface area is 255 Å². The van der Waals surface area contributed by atoms with Gasteiger partial charge in [-0.05, 0) is 51.3 Å². The smallest absolute Gasteiger partial charge is 0.276 e. The van der Waals surface area contributed by atoms with Gasteiger partial charge in [0.1, 0.15) is 17.1 Å². The number of anilines is 2. The molecule has 45 heavy (non-hydrogen) atoms. The van der Waals surface area contributed by atoms with E-state index in [9.17, 15) is 22.8 Å². The summed E-state index contributed by atoms with van der Waals surface area (Å²) in [5, 5.41) is 7.22. The second-order valence-corrected chi connectivity index (χ2v) is 11.6. The highest BCUT2D eigenvalue weighted by Gasteiger charge is 2.49. The number of aromatic nitrogens is 6. The van der Waals surface area contributed by atoms with Crippen molar-refractivity contribution in [1.29, 1.82) is 0 Å². The molecule has 4 heterocycles. The first-order valence-corrected chi connectivity index (χ1v) is 14.4. The van der Waals surface area contributed by atoms with Gasteiger partial charge in [0.05, 0.1) is 53.0 Å². The zero-order valence-corrected chi connectivity index (χ0v) is 24.6. The number of benzene rings is 1. The van der Waals surface area contributed by atoms with Gasteiger partial charge in [0.25, 0.3) is 12.3 Å². The number of nitrogens with zero attached hydrogens (tertiary/aromatic N) is 7. The maximum atomic E-state index is 15.0. The van der Waals surface area contributed by atoms with Crippen molar-refractivity contribution in [2.24, 2.45) is 11.8 Å². The fraction of sp³-hybridized carbons (Fsp3) is 0.312. The number of hydrogen-bond donors (Lipinski definition) is 1. The molecule has 3 aliphatic rings. The standard InChI is InChI=1S/C32H27F3N8O2/c1-16-7-8-22(28(34)35)25(26(16)33)23-12-36-17(2)27(41-23)30(44)40-20-11-38-43(15-20)32(9-10-32)24-13-37-29(18(3)39-24)42-14-19-5-4-6-21(19)31(42)45/h5-8,11-13,15,19,21,28H,9-10,14H2,1-3H3,(H,40,44)/t19-,21-/m1/s1. The molecule has 1 aromatic carbocycles. The molecule has 1 N–H and O–H groups in total. The summed E-state index contributed by atoms with van der Waals surface area (Å²) in [5.74, 6) is -1.07. The van der Waals surface area contributed by atoms with Crippen LogP contribution < -0.4 is 10.2 Å². The molecule has 10 nitrogen and oxygen atoms in total. The number of halogens is 3. The Morgan fingerprint density at radius 3 is 2.58 bits per heavy atom. The molecule has 7 rings (SSSR count). The summed E-state index contributed by atoms with van der Waals surface area (Å²) in [6, 6.07) is 2.42. The third kappa shape index (κ3) is 4.71. The van der Waals surface area contributed by atoms with Gasteiger partial charge in [-0.3, -0.25) is 29.1 Å². The summed E-state index contributed by atoms with van der Waals surface area (Å²) in [4.78, 5) is 45.7. The van der Waals surface area contributed by atoms with E-state index < -0.39 is 29.3 Å². The van der Waals surface area contributed by atoms with Crippen molar-refractivity contribution >= 4 is 23.3 Å². The molecule has 2 aliphatic carbocycles. The molecule has 3 aromatic heterocycles. The summed E-state index contributed by atoms with van der Waals surface area (Å²) in [7, 11) is 0. The fourth-order valence-electron chi connectivity index (χ4n) is 6.02. The molecule has 2 amide bonds. The fourth-order valence-corrected chi connectivity index (χ4v) is 6.02. The van der Waals surface area contributed by atoms with Crippen molar-refractivity contribution in [3.8, 4) is 11.3 Å². The van der Waals surface area contributed by atoms with Gasteiger partial charge in [-0.15, -0.1) is 5.73 Å². The lowest BCUT2D eigenvalue weighted by atomic mass is 10.0. The van der Waals surface area contributed by atoms with E-state index in [0.717, 1.165) is 18.9 Å². The molecule has 4 aromatic rings. The largest absolute Gasteiger partial charge is 0.318 e. The molecule has 2 fully saturated rings. The van der Waals surface area contributed by atoms with Crippen LogP contribution in [0.25, 0.3) is 11.3 Å². The minimum Gasteiger partial charge on any atom is -0.318 e. The van der Waals surface area contributed by atoms with Crippen LogP contribution in [0, 0.1) is 38.4 Å². The van der Waals surface area contributed by atoms with Gasteiger partial charge < -0.3 is 5.32 Å². The second-order valence-electron chi connectivity index (χ2n) is 11.6. The van der Waals surface area contributed by atoms with Crippen LogP contribution in [-0.2, 0) is 10.3 Å². The highest BCUT2D eigenvalue weighted by atomic mass is 19.3. The molecule has 2 atom stereocenters. The van der Waals surface area contributed by atoms with E-state index in [-0.39, 0.29) is 46.0 Å². The number of nitrogens with one attached hydrogen (secondary N) is 1. The Morgan fingerprint density at radius 2 is 1.87 bits per heavy atom. The van der Waals surface area contributed by atoms with Crippen LogP contribution in [-0.4, -0.2) is 48.1 Å². The number of rotatable bonds is 7. The molecule has 0 spiro atoms. The lowest BCUT2D eigenvalue weighted by Crippen LogP contribution is -2.29. The zero-order chi connectivity index (χ0) is 31.6. The summed E-state index contributed by atoms with van der Waals surface area (Å²) >= 11 is 0. The van der Waals surface area contributed by atoms with Crippen LogP contribution in [0.3, 0.4) is 0 Å². The average Bonchev–Trinajstić information content (AvgIpc) is 3.29. The molecule has 1 saturated heterocycles. The van der Waals surface area contributed by atoms with Gasteiger partial charge in [-0.1, -0.05) is 12.1 Å². The van der Waals surface area contributed by atoms with Gasteiger partial charge in [0, 0.05) is 29.8 Å². The number of amides is 2. The maximum Gasteiger partial charge on any atom is 0.276 e. The van der Waals surface area contributed by atoms with Gasteiger partial charge in [-0.25, -0.2) is 23.1 Å². The number of fused-ring (bicyclic) bond motifs is 1. The highest BCUT2D eigenvalue weighted by Crippen LogP contribution is 2.49. The Morgan fingerprint density at radius 1 is 1.07 bits per heavy atom. The second kappa shape index (κ2) is 10.5. The van der Waals surface area contributed by atoms with E-state index in [1.165, 1.54) is 25.4 Å². The number of carbonyl (C=O) groups excluding carboxylic acids is 2. The number of carbonyl (C=O) groups is 2.